The van der Waals surface area contributed by atoms with E-state index in [9.17, 15) is 19.7 Å². The summed E-state index contributed by atoms with van der Waals surface area (Å²) in [5.41, 5.74) is 1.11. The second-order valence-corrected chi connectivity index (χ2v) is 6.49. The number of anilines is 1. The highest BCUT2D eigenvalue weighted by molar-refractivity contribution is 5.90. The molecule has 1 aromatic carbocycles. The van der Waals surface area contributed by atoms with Gasteiger partial charge in [0.2, 0.25) is 0 Å². The number of benzene rings is 1. The molecule has 0 unspecified atom stereocenters. The number of para-hydroxylation sites is 1. The molecule has 9 heteroatoms. The van der Waals surface area contributed by atoms with Gasteiger partial charge in [-0.2, -0.15) is 0 Å². The predicted molar refractivity (Wildman–Crippen MR) is 105 cm³/mol. The molecule has 2 heterocycles. The number of rotatable bonds is 6. The summed E-state index contributed by atoms with van der Waals surface area (Å²) in [5.74, 6) is -1.26. The zero-order chi connectivity index (χ0) is 20.8. The van der Waals surface area contributed by atoms with E-state index in [1.165, 1.54) is 25.1 Å². The fourth-order valence-corrected chi connectivity index (χ4v) is 3.02. The second-order valence-electron chi connectivity index (χ2n) is 6.49. The maximum absolute atomic E-state index is 12.5. The Morgan fingerprint density at radius 2 is 1.83 bits per heavy atom. The maximum atomic E-state index is 12.5. The summed E-state index contributed by atoms with van der Waals surface area (Å²) in [4.78, 5) is 38.3. The van der Waals surface area contributed by atoms with Crippen LogP contribution in [0.5, 0.6) is 0 Å². The van der Waals surface area contributed by atoms with Gasteiger partial charge in [-0.3, -0.25) is 14.9 Å². The van der Waals surface area contributed by atoms with E-state index in [0.717, 1.165) is 11.8 Å². The van der Waals surface area contributed by atoms with Gasteiger partial charge in [0.25, 0.3) is 5.91 Å². The van der Waals surface area contributed by atoms with Crippen LogP contribution >= 0.6 is 0 Å². The topological polar surface area (TPSA) is 106 Å². The third-order valence-electron chi connectivity index (χ3n) is 4.53. The number of hydrogen-bond donors (Lipinski definition) is 0. The van der Waals surface area contributed by atoms with E-state index in [2.05, 4.69) is 4.90 Å². The SMILES string of the molecule is C[C@H](OC(=O)/C=C/c1ccc([N+](=O)[O-])o1)C(=O)N1CCN(c2ccccc2)CC1. The molecule has 29 heavy (non-hydrogen) atoms. The van der Waals surface area contributed by atoms with E-state index < -0.39 is 22.9 Å². The number of esters is 1. The lowest BCUT2D eigenvalue weighted by molar-refractivity contribution is -0.402. The van der Waals surface area contributed by atoms with Gasteiger partial charge < -0.3 is 19.0 Å². The minimum Gasteiger partial charge on any atom is -0.449 e. The molecular weight excluding hydrogens is 378 g/mol. The Morgan fingerprint density at radius 3 is 2.45 bits per heavy atom. The molecule has 0 spiro atoms. The van der Waals surface area contributed by atoms with Gasteiger partial charge in [-0.25, -0.2) is 4.79 Å². The van der Waals surface area contributed by atoms with Gasteiger partial charge >= 0.3 is 11.9 Å². The Balaban J connectivity index is 1.48. The summed E-state index contributed by atoms with van der Waals surface area (Å²) in [6.07, 6.45) is 1.39. The Hall–Kier alpha value is -3.62. The lowest BCUT2D eigenvalue weighted by atomic mass is 10.2. The minimum atomic E-state index is -0.929. The molecule has 1 atom stereocenters. The number of carbonyl (C=O) groups excluding carboxylic acids is 2. The van der Waals surface area contributed by atoms with Crippen LogP contribution in [0.2, 0.25) is 0 Å². The van der Waals surface area contributed by atoms with Gasteiger partial charge in [0.05, 0.1) is 6.07 Å². The van der Waals surface area contributed by atoms with Crippen molar-refractivity contribution < 1.29 is 23.7 Å². The first kappa shape index (κ1) is 20.1. The molecule has 1 aliphatic rings. The van der Waals surface area contributed by atoms with Crippen LogP contribution in [0.4, 0.5) is 11.6 Å². The maximum Gasteiger partial charge on any atom is 0.433 e. The molecule has 0 radical (unpaired) electrons. The molecule has 1 aliphatic heterocycles. The molecule has 1 amide bonds. The molecule has 9 nitrogen and oxygen atoms in total. The van der Waals surface area contributed by atoms with Crippen molar-refractivity contribution in [2.45, 2.75) is 13.0 Å². The standard InChI is InChI=1S/C20H21N3O6/c1-15(28-19(24)10-8-17-7-9-18(29-17)23(26)27)20(25)22-13-11-21(12-14-22)16-5-3-2-4-6-16/h2-10,15H,11-14H2,1H3/b10-8+/t15-/m0/s1. The summed E-state index contributed by atoms with van der Waals surface area (Å²) < 4.78 is 10.1. The van der Waals surface area contributed by atoms with Crippen LogP contribution < -0.4 is 4.90 Å². The molecule has 1 aromatic heterocycles. The van der Waals surface area contributed by atoms with E-state index in [1.807, 2.05) is 30.3 Å². The molecule has 0 aliphatic carbocycles. The molecule has 0 N–H and O–H groups in total. The van der Waals surface area contributed by atoms with Crippen LogP contribution in [0.15, 0.2) is 53.0 Å². The number of furan rings is 1. The highest BCUT2D eigenvalue weighted by atomic mass is 16.6. The third-order valence-corrected chi connectivity index (χ3v) is 4.53. The smallest absolute Gasteiger partial charge is 0.433 e. The van der Waals surface area contributed by atoms with E-state index in [1.54, 1.807) is 4.90 Å². The fourth-order valence-electron chi connectivity index (χ4n) is 3.02. The lowest BCUT2D eigenvalue weighted by Crippen LogP contribution is -2.51. The van der Waals surface area contributed by atoms with E-state index >= 15 is 0 Å². The summed E-state index contributed by atoms with van der Waals surface area (Å²) in [6, 6.07) is 12.5. The Morgan fingerprint density at radius 1 is 1.14 bits per heavy atom. The van der Waals surface area contributed by atoms with Crippen molar-refractivity contribution in [1.29, 1.82) is 0 Å². The number of carbonyl (C=O) groups is 2. The highest BCUT2D eigenvalue weighted by Crippen LogP contribution is 2.18. The Bertz CT molecular complexity index is 900. The first-order valence-corrected chi connectivity index (χ1v) is 9.16. The Labute approximate surface area is 167 Å². The van der Waals surface area contributed by atoms with Crippen LogP contribution in [0, 0.1) is 10.1 Å². The molecule has 1 saturated heterocycles. The van der Waals surface area contributed by atoms with Gasteiger partial charge in [0, 0.05) is 37.9 Å². The number of nitrogens with zero attached hydrogens (tertiary/aromatic N) is 3. The monoisotopic (exact) mass is 399 g/mol. The molecular formula is C20H21N3O6. The first-order valence-electron chi connectivity index (χ1n) is 9.16. The van der Waals surface area contributed by atoms with Crippen molar-refractivity contribution >= 4 is 29.5 Å². The lowest BCUT2D eigenvalue weighted by Gasteiger charge is -2.36. The summed E-state index contributed by atoms with van der Waals surface area (Å²) >= 11 is 0. The third kappa shape index (κ3) is 5.22. The minimum absolute atomic E-state index is 0.143. The predicted octanol–water partition coefficient (Wildman–Crippen LogP) is 2.48. The quantitative estimate of drug-likeness (QED) is 0.318. The molecule has 1 fully saturated rings. The summed E-state index contributed by atoms with van der Waals surface area (Å²) in [7, 11) is 0. The van der Waals surface area contributed by atoms with E-state index in [0.29, 0.717) is 26.2 Å². The number of hydrogen-bond acceptors (Lipinski definition) is 7. The van der Waals surface area contributed by atoms with Crippen molar-refractivity contribution in [3.8, 4) is 0 Å². The zero-order valence-corrected chi connectivity index (χ0v) is 15.9. The number of nitro groups is 1. The first-order chi connectivity index (χ1) is 13.9. The van der Waals surface area contributed by atoms with Gasteiger partial charge in [0.1, 0.15) is 10.7 Å². The van der Waals surface area contributed by atoms with Crippen molar-refractivity contribution in [2.24, 2.45) is 0 Å². The molecule has 152 valence electrons. The van der Waals surface area contributed by atoms with E-state index in [4.69, 9.17) is 9.15 Å². The van der Waals surface area contributed by atoms with Crippen LogP contribution in [0.25, 0.3) is 6.08 Å². The van der Waals surface area contributed by atoms with Crippen molar-refractivity contribution in [1.82, 2.24) is 4.90 Å². The fraction of sp³-hybridized carbons (Fsp3) is 0.300. The zero-order valence-electron chi connectivity index (χ0n) is 15.9. The van der Waals surface area contributed by atoms with Crippen LogP contribution in [-0.2, 0) is 14.3 Å². The van der Waals surface area contributed by atoms with Gasteiger partial charge in [-0.15, -0.1) is 0 Å². The molecule has 0 saturated carbocycles. The molecule has 3 rings (SSSR count). The van der Waals surface area contributed by atoms with Gasteiger partial charge in [-0.05, 0) is 31.2 Å². The van der Waals surface area contributed by atoms with Crippen LogP contribution in [-0.4, -0.2) is 54.0 Å². The van der Waals surface area contributed by atoms with Crippen LogP contribution in [0.3, 0.4) is 0 Å². The van der Waals surface area contributed by atoms with Crippen molar-refractivity contribution in [2.75, 3.05) is 31.1 Å². The van der Waals surface area contributed by atoms with Crippen molar-refractivity contribution in [3.05, 3.63) is 64.4 Å². The number of amides is 1. The Kier molecular flexibility index (Phi) is 6.28. The average Bonchev–Trinajstić information content (AvgIpc) is 3.22. The number of ether oxygens (including phenoxy) is 1. The molecule has 0 bridgehead atoms. The van der Waals surface area contributed by atoms with Crippen molar-refractivity contribution in [3.63, 3.8) is 0 Å². The normalized spacial score (nSPS) is 15.3. The largest absolute Gasteiger partial charge is 0.449 e. The summed E-state index contributed by atoms with van der Waals surface area (Å²) in [6.45, 7) is 4.01. The van der Waals surface area contributed by atoms with E-state index in [-0.39, 0.29) is 11.7 Å². The van der Waals surface area contributed by atoms with Gasteiger partial charge in [0.15, 0.2) is 6.10 Å². The number of piperazine rings is 1. The van der Waals surface area contributed by atoms with Gasteiger partial charge in [-0.1, -0.05) is 18.2 Å². The average molecular weight is 399 g/mol. The highest BCUT2D eigenvalue weighted by Gasteiger charge is 2.26. The second kappa shape index (κ2) is 9.05. The van der Waals surface area contributed by atoms with Crippen LogP contribution in [0.1, 0.15) is 12.7 Å². The molecule has 2 aromatic rings. The summed E-state index contributed by atoms with van der Waals surface area (Å²) in [5, 5.41) is 10.6.